The quantitative estimate of drug-likeness (QED) is 0.541. The Balaban J connectivity index is 0.000000847. The minimum atomic E-state index is 0.317. The normalized spacial score (nSPS) is 10.4. The van der Waals surface area contributed by atoms with Crippen molar-refractivity contribution in [2.45, 2.75) is 34.1 Å². The van der Waals surface area contributed by atoms with Crippen molar-refractivity contribution in [1.82, 2.24) is 4.98 Å². The summed E-state index contributed by atoms with van der Waals surface area (Å²) in [6, 6.07) is 9.48. The highest BCUT2D eigenvalue weighted by Crippen LogP contribution is 2.36. The zero-order valence-electron chi connectivity index (χ0n) is 13.5. The standard InChI is InChI=1S/C17H16ClNO.C2H6/c1-10(2)6-7-11-15(20)9-8-12-16-13(18)4-3-5-14(16)19-17(11)12;1-2/h3-6,8-9,19-20H,7H2,1-2H3;1-2H3. The zero-order valence-corrected chi connectivity index (χ0v) is 14.3. The smallest absolute Gasteiger partial charge is 0.121 e. The Morgan fingerprint density at radius 1 is 1.18 bits per heavy atom. The number of hydrogen-bond acceptors (Lipinski definition) is 1. The Kier molecular flexibility index (Phi) is 5.15. The van der Waals surface area contributed by atoms with Gasteiger partial charge in [0.05, 0.1) is 10.5 Å². The van der Waals surface area contributed by atoms with Crippen molar-refractivity contribution in [1.29, 1.82) is 0 Å². The number of H-pyrrole nitrogens is 1. The second-order valence-electron chi connectivity index (χ2n) is 5.26. The van der Waals surface area contributed by atoms with Crippen molar-refractivity contribution in [3.8, 4) is 5.75 Å². The molecule has 1 aromatic heterocycles. The van der Waals surface area contributed by atoms with Crippen molar-refractivity contribution in [2.24, 2.45) is 0 Å². The van der Waals surface area contributed by atoms with Gasteiger partial charge in [0.25, 0.3) is 0 Å². The molecule has 0 aliphatic carbocycles. The Morgan fingerprint density at radius 2 is 1.91 bits per heavy atom. The van der Waals surface area contributed by atoms with Crippen LogP contribution < -0.4 is 0 Å². The van der Waals surface area contributed by atoms with Crippen molar-refractivity contribution >= 4 is 33.4 Å². The molecule has 0 aliphatic rings. The number of nitrogens with one attached hydrogen (secondary N) is 1. The summed E-state index contributed by atoms with van der Waals surface area (Å²) in [5.74, 6) is 0.317. The SMILES string of the molecule is CC.CC(C)=CCc1c(O)ccc2c1[nH]c1cccc(Cl)c12. The van der Waals surface area contributed by atoms with E-state index in [1.165, 1.54) is 5.57 Å². The highest BCUT2D eigenvalue weighted by Gasteiger charge is 2.13. The molecule has 22 heavy (non-hydrogen) atoms. The van der Waals surface area contributed by atoms with Crippen LogP contribution in [0.15, 0.2) is 42.0 Å². The third-order valence-electron chi connectivity index (χ3n) is 3.55. The lowest BCUT2D eigenvalue weighted by Gasteiger charge is -2.04. The molecule has 0 unspecified atom stereocenters. The van der Waals surface area contributed by atoms with Crippen molar-refractivity contribution < 1.29 is 5.11 Å². The number of aromatic nitrogens is 1. The number of aromatic amines is 1. The van der Waals surface area contributed by atoms with E-state index in [0.29, 0.717) is 12.2 Å². The van der Waals surface area contributed by atoms with Crippen LogP contribution in [0.4, 0.5) is 0 Å². The largest absolute Gasteiger partial charge is 0.508 e. The fourth-order valence-electron chi connectivity index (χ4n) is 2.54. The molecule has 0 bridgehead atoms. The minimum Gasteiger partial charge on any atom is -0.508 e. The number of hydrogen-bond donors (Lipinski definition) is 2. The van der Waals surface area contributed by atoms with Gasteiger partial charge in [0.15, 0.2) is 0 Å². The molecule has 0 aliphatic heterocycles. The highest BCUT2D eigenvalue weighted by molar-refractivity contribution is 6.38. The van der Waals surface area contributed by atoms with Gasteiger partial charge in [-0.05, 0) is 44.5 Å². The topological polar surface area (TPSA) is 36.0 Å². The van der Waals surface area contributed by atoms with Gasteiger partial charge in [-0.15, -0.1) is 0 Å². The van der Waals surface area contributed by atoms with Gasteiger partial charge < -0.3 is 10.1 Å². The third-order valence-corrected chi connectivity index (χ3v) is 3.86. The van der Waals surface area contributed by atoms with Crippen molar-refractivity contribution in [3.63, 3.8) is 0 Å². The summed E-state index contributed by atoms with van der Waals surface area (Å²) in [5, 5.41) is 12.9. The molecule has 3 aromatic rings. The molecule has 0 saturated carbocycles. The van der Waals surface area contributed by atoms with E-state index in [1.807, 2.05) is 38.1 Å². The monoisotopic (exact) mass is 315 g/mol. The fourth-order valence-corrected chi connectivity index (χ4v) is 2.81. The fraction of sp³-hybridized carbons (Fsp3) is 0.263. The van der Waals surface area contributed by atoms with Crippen LogP contribution in [0, 0.1) is 0 Å². The molecular weight excluding hydrogens is 294 g/mol. The van der Waals surface area contributed by atoms with Crippen LogP contribution in [-0.4, -0.2) is 10.1 Å². The van der Waals surface area contributed by atoms with Crippen molar-refractivity contribution in [2.75, 3.05) is 0 Å². The third kappa shape index (κ3) is 2.97. The van der Waals surface area contributed by atoms with Crippen LogP contribution in [0.5, 0.6) is 5.75 Å². The van der Waals surface area contributed by atoms with E-state index in [-0.39, 0.29) is 0 Å². The van der Waals surface area contributed by atoms with E-state index in [4.69, 9.17) is 11.6 Å². The van der Waals surface area contributed by atoms with E-state index in [2.05, 4.69) is 24.9 Å². The molecule has 0 radical (unpaired) electrons. The molecule has 1 heterocycles. The summed E-state index contributed by atoms with van der Waals surface area (Å²) in [6.07, 6.45) is 2.82. The lowest BCUT2D eigenvalue weighted by Crippen LogP contribution is -1.86. The first-order chi connectivity index (χ1) is 10.6. The zero-order chi connectivity index (χ0) is 16.3. The molecule has 2 nitrogen and oxygen atoms in total. The first-order valence-electron chi connectivity index (χ1n) is 7.62. The summed E-state index contributed by atoms with van der Waals surface area (Å²) in [6.45, 7) is 8.11. The number of fused-ring (bicyclic) bond motifs is 3. The van der Waals surface area contributed by atoms with Gasteiger partial charge in [-0.3, -0.25) is 0 Å². The molecule has 0 atom stereocenters. The lowest BCUT2D eigenvalue weighted by atomic mass is 10.0. The van der Waals surface area contributed by atoms with Gasteiger partial charge in [-0.2, -0.15) is 0 Å². The van der Waals surface area contributed by atoms with Gasteiger partial charge in [-0.25, -0.2) is 0 Å². The summed E-state index contributed by atoms with van der Waals surface area (Å²) < 4.78 is 0. The summed E-state index contributed by atoms with van der Waals surface area (Å²) in [7, 11) is 0. The maximum absolute atomic E-state index is 10.1. The second-order valence-corrected chi connectivity index (χ2v) is 5.67. The predicted octanol–water partition coefficient (Wildman–Crippen LogP) is 6.22. The Bertz CT molecular complexity index is 826. The summed E-state index contributed by atoms with van der Waals surface area (Å²) in [4.78, 5) is 3.38. The van der Waals surface area contributed by atoms with Crippen LogP contribution in [0.25, 0.3) is 21.8 Å². The van der Waals surface area contributed by atoms with E-state index >= 15 is 0 Å². The highest BCUT2D eigenvalue weighted by atomic mass is 35.5. The molecule has 3 heteroatoms. The van der Waals surface area contributed by atoms with E-state index in [9.17, 15) is 5.11 Å². The first kappa shape index (κ1) is 16.4. The van der Waals surface area contributed by atoms with Crippen molar-refractivity contribution in [3.05, 3.63) is 52.6 Å². The lowest BCUT2D eigenvalue weighted by molar-refractivity contribution is 0.471. The van der Waals surface area contributed by atoms with Gasteiger partial charge in [0.2, 0.25) is 0 Å². The first-order valence-corrected chi connectivity index (χ1v) is 8.00. The summed E-state index contributed by atoms with van der Waals surface area (Å²) >= 11 is 6.30. The molecule has 2 aromatic carbocycles. The van der Waals surface area contributed by atoms with Gasteiger partial charge in [0, 0.05) is 21.9 Å². The van der Waals surface area contributed by atoms with Crippen LogP contribution in [0.3, 0.4) is 0 Å². The molecule has 0 saturated heterocycles. The number of benzene rings is 2. The number of allylic oxidation sites excluding steroid dienone is 2. The van der Waals surface area contributed by atoms with Gasteiger partial charge >= 0.3 is 0 Å². The van der Waals surface area contributed by atoms with Crippen LogP contribution in [-0.2, 0) is 6.42 Å². The van der Waals surface area contributed by atoms with Crippen LogP contribution in [0.1, 0.15) is 33.3 Å². The number of aromatic hydroxyl groups is 1. The number of phenols is 1. The molecule has 2 N–H and O–H groups in total. The van der Waals surface area contributed by atoms with E-state index in [0.717, 1.165) is 32.4 Å². The molecule has 0 spiro atoms. The number of halogens is 1. The van der Waals surface area contributed by atoms with Gasteiger partial charge in [0.1, 0.15) is 5.75 Å². The molecular formula is C19H22ClNO. The molecule has 0 amide bonds. The Labute approximate surface area is 136 Å². The Morgan fingerprint density at radius 3 is 2.59 bits per heavy atom. The van der Waals surface area contributed by atoms with Crippen LogP contribution >= 0.6 is 11.6 Å². The van der Waals surface area contributed by atoms with Gasteiger partial charge in [-0.1, -0.05) is 43.2 Å². The second kappa shape index (κ2) is 6.89. The number of rotatable bonds is 2. The van der Waals surface area contributed by atoms with E-state index < -0.39 is 0 Å². The molecule has 3 rings (SSSR count). The molecule has 116 valence electrons. The maximum Gasteiger partial charge on any atom is 0.121 e. The summed E-state index contributed by atoms with van der Waals surface area (Å²) in [5.41, 5.74) is 4.11. The average Bonchev–Trinajstić information content (AvgIpc) is 2.88. The molecule has 0 fully saturated rings. The van der Waals surface area contributed by atoms with Crippen LogP contribution in [0.2, 0.25) is 5.02 Å². The predicted molar refractivity (Wildman–Crippen MR) is 97.0 cm³/mol. The van der Waals surface area contributed by atoms with E-state index in [1.54, 1.807) is 6.07 Å². The minimum absolute atomic E-state index is 0.317. The Hall–Kier alpha value is -1.93. The maximum atomic E-state index is 10.1. The average molecular weight is 316 g/mol. The number of phenolic OH excluding ortho intramolecular Hbond substituents is 1.